The molecule has 3 aromatic rings. The summed E-state index contributed by atoms with van der Waals surface area (Å²) in [6, 6.07) is 8.82. The SMILES string of the molecule is CC(=O)c1ccc(Nc2cnnc(Nc3cc(C)on3)n2)cc1. The average molecular weight is 310 g/mol. The quantitative estimate of drug-likeness (QED) is 0.693. The van der Waals surface area contributed by atoms with Crippen LogP contribution in [0.15, 0.2) is 41.1 Å². The van der Waals surface area contributed by atoms with Gasteiger partial charge in [-0.3, -0.25) is 4.79 Å². The van der Waals surface area contributed by atoms with Crippen LogP contribution < -0.4 is 10.6 Å². The van der Waals surface area contributed by atoms with Gasteiger partial charge in [0, 0.05) is 17.3 Å². The van der Waals surface area contributed by atoms with Crippen molar-refractivity contribution in [3.8, 4) is 0 Å². The summed E-state index contributed by atoms with van der Waals surface area (Å²) in [5.74, 6) is 2.02. The molecule has 2 N–H and O–H groups in total. The molecule has 0 amide bonds. The summed E-state index contributed by atoms with van der Waals surface area (Å²) in [5, 5.41) is 17.6. The molecule has 8 nitrogen and oxygen atoms in total. The highest BCUT2D eigenvalue weighted by atomic mass is 16.5. The van der Waals surface area contributed by atoms with Crippen LogP contribution in [0.25, 0.3) is 0 Å². The van der Waals surface area contributed by atoms with E-state index in [0.29, 0.717) is 28.9 Å². The van der Waals surface area contributed by atoms with E-state index in [2.05, 4.69) is 31.0 Å². The number of nitrogens with zero attached hydrogens (tertiary/aromatic N) is 4. The highest BCUT2D eigenvalue weighted by Gasteiger charge is 2.05. The number of carbonyl (C=O) groups is 1. The molecule has 0 aliphatic heterocycles. The summed E-state index contributed by atoms with van der Waals surface area (Å²) in [7, 11) is 0. The third-order valence-corrected chi connectivity index (χ3v) is 2.99. The molecule has 0 atom stereocenters. The van der Waals surface area contributed by atoms with Crippen molar-refractivity contribution in [2.45, 2.75) is 13.8 Å². The zero-order valence-electron chi connectivity index (χ0n) is 12.6. The number of hydrogen-bond donors (Lipinski definition) is 2. The van der Waals surface area contributed by atoms with Crippen LogP contribution in [0.4, 0.5) is 23.3 Å². The molecule has 3 rings (SSSR count). The first-order chi connectivity index (χ1) is 11.1. The second-order valence-corrected chi connectivity index (χ2v) is 4.87. The van der Waals surface area contributed by atoms with Crippen molar-refractivity contribution in [1.29, 1.82) is 0 Å². The van der Waals surface area contributed by atoms with Gasteiger partial charge in [-0.05, 0) is 38.1 Å². The molecule has 23 heavy (non-hydrogen) atoms. The van der Waals surface area contributed by atoms with Crippen molar-refractivity contribution in [3.05, 3.63) is 47.9 Å². The molecule has 0 aliphatic rings. The fourth-order valence-corrected chi connectivity index (χ4v) is 1.89. The molecule has 2 aromatic heterocycles. The summed E-state index contributed by atoms with van der Waals surface area (Å²) in [6.07, 6.45) is 1.50. The number of benzene rings is 1. The van der Waals surface area contributed by atoms with Gasteiger partial charge in [0.05, 0.1) is 6.20 Å². The normalized spacial score (nSPS) is 10.3. The predicted molar refractivity (Wildman–Crippen MR) is 84.1 cm³/mol. The largest absolute Gasteiger partial charge is 0.360 e. The van der Waals surface area contributed by atoms with Crippen LogP contribution in [0.1, 0.15) is 23.0 Å². The summed E-state index contributed by atoms with van der Waals surface area (Å²) in [5.41, 5.74) is 1.44. The summed E-state index contributed by atoms with van der Waals surface area (Å²) >= 11 is 0. The zero-order valence-corrected chi connectivity index (χ0v) is 12.6. The second kappa shape index (κ2) is 6.22. The van der Waals surface area contributed by atoms with Crippen LogP contribution in [-0.2, 0) is 0 Å². The minimum absolute atomic E-state index is 0.0228. The molecule has 0 bridgehead atoms. The average Bonchev–Trinajstić information content (AvgIpc) is 2.93. The topological polar surface area (TPSA) is 106 Å². The van der Waals surface area contributed by atoms with Crippen LogP contribution in [0.5, 0.6) is 0 Å². The number of nitrogens with one attached hydrogen (secondary N) is 2. The van der Waals surface area contributed by atoms with Crippen LogP contribution in [-0.4, -0.2) is 26.1 Å². The van der Waals surface area contributed by atoms with Crippen LogP contribution in [0, 0.1) is 6.92 Å². The minimum atomic E-state index is 0.0228. The number of carbonyl (C=O) groups excluding carboxylic acids is 1. The van der Waals surface area contributed by atoms with Crippen molar-refractivity contribution in [3.63, 3.8) is 0 Å². The fourth-order valence-electron chi connectivity index (χ4n) is 1.89. The van der Waals surface area contributed by atoms with E-state index in [0.717, 1.165) is 5.69 Å². The van der Waals surface area contributed by atoms with E-state index < -0.39 is 0 Å². The number of aromatic nitrogens is 4. The molecule has 1 aromatic carbocycles. The maximum absolute atomic E-state index is 11.3. The van der Waals surface area contributed by atoms with Crippen molar-refractivity contribution in [1.82, 2.24) is 20.3 Å². The lowest BCUT2D eigenvalue weighted by molar-refractivity contribution is 0.101. The van der Waals surface area contributed by atoms with E-state index in [1.54, 1.807) is 37.3 Å². The molecule has 0 aliphatic carbocycles. The van der Waals surface area contributed by atoms with Gasteiger partial charge in [0.15, 0.2) is 17.4 Å². The highest BCUT2D eigenvalue weighted by Crippen LogP contribution is 2.17. The first-order valence-corrected chi connectivity index (χ1v) is 6.88. The van der Waals surface area contributed by atoms with Gasteiger partial charge in [-0.15, -0.1) is 5.10 Å². The third-order valence-electron chi connectivity index (χ3n) is 2.99. The van der Waals surface area contributed by atoms with Gasteiger partial charge >= 0.3 is 0 Å². The van der Waals surface area contributed by atoms with Gasteiger partial charge in [0.2, 0.25) is 5.95 Å². The first kappa shape index (κ1) is 14.6. The fraction of sp³-hybridized carbons (Fsp3) is 0.133. The van der Waals surface area contributed by atoms with E-state index in [-0.39, 0.29) is 5.78 Å². The van der Waals surface area contributed by atoms with Gasteiger partial charge < -0.3 is 15.2 Å². The highest BCUT2D eigenvalue weighted by molar-refractivity contribution is 5.94. The Hall–Kier alpha value is -3.29. The maximum atomic E-state index is 11.3. The summed E-state index contributed by atoms with van der Waals surface area (Å²) in [6.45, 7) is 3.32. The predicted octanol–water partition coefficient (Wildman–Crippen LogP) is 2.86. The first-order valence-electron chi connectivity index (χ1n) is 6.88. The lowest BCUT2D eigenvalue weighted by Crippen LogP contribution is -2.02. The molecule has 8 heteroatoms. The van der Waals surface area contributed by atoms with Crippen molar-refractivity contribution in [2.24, 2.45) is 0 Å². The van der Waals surface area contributed by atoms with Gasteiger partial charge in [-0.1, -0.05) is 5.16 Å². The van der Waals surface area contributed by atoms with Gasteiger partial charge in [-0.2, -0.15) is 10.1 Å². The van der Waals surface area contributed by atoms with Crippen LogP contribution >= 0.6 is 0 Å². The Bertz CT molecular complexity index is 828. The molecular weight excluding hydrogens is 296 g/mol. The Morgan fingerprint density at radius 1 is 1.13 bits per heavy atom. The number of anilines is 4. The lowest BCUT2D eigenvalue weighted by Gasteiger charge is -2.06. The third kappa shape index (κ3) is 3.67. The number of hydrogen-bond acceptors (Lipinski definition) is 8. The van der Waals surface area contributed by atoms with E-state index in [9.17, 15) is 4.79 Å². The zero-order chi connectivity index (χ0) is 16.2. The summed E-state index contributed by atoms with van der Waals surface area (Å²) < 4.78 is 4.96. The molecule has 116 valence electrons. The molecular formula is C15H14N6O2. The Labute approximate surface area is 131 Å². The Kier molecular flexibility index (Phi) is 3.96. The molecule has 0 radical (unpaired) electrons. The molecule has 2 heterocycles. The standard InChI is InChI=1S/C15H14N6O2/c1-9-7-13(21-23-9)18-15-19-14(8-16-20-15)17-12-5-3-11(4-6-12)10(2)22/h3-8H,1-2H3,(H2,17,18,19,20,21). The van der Waals surface area contributed by atoms with E-state index in [4.69, 9.17) is 4.52 Å². The number of Topliss-reactive ketones (excluding diaryl/α,β-unsaturated/α-hetero) is 1. The monoisotopic (exact) mass is 310 g/mol. The number of rotatable bonds is 5. The van der Waals surface area contributed by atoms with E-state index in [1.165, 1.54) is 13.1 Å². The second-order valence-electron chi connectivity index (χ2n) is 4.87. The van der Waals surface area contributed by atoms with Crippen LogP contribution in [0.2, 0.25) is 0 Å². The van der Waals surface area contributed by atoms with E-state index in [1.807, 2.05) is 0 Å². The molecule has 0 fully saturated rings. The lowest BCUT2D eigenvalue weighted by atomic mass is 10.1. The number of ketones is 1. The number of aryl methyl sites for hydroxylation is 1. The summed E-state index contributed by atoms with van der Waals surface area (Å²) in [4.78, 5) is 15.5. The van der Waals surface area contributed by atoms with E-state index >= 15 is 0 Å². The minimum Gasteiger partial charge on any atom is -0.360 e. The van der Waals surface area contributed by atoms with Crippen molar-refractivity contribution in [2.75, 3.05) is 10.6 Å². The Morgan fingerprint density at radius 2 is 1.91 bits per heavy atom. The molecule has 0 saturated heterocycles. The van der Waals surface area contributed by atoms with Crippen molar-refractivity contribution < 1.29 is 9.32 Å². The molecule has 0 spiro atoms. The van der Waals surface area contributed by atoms with Crippen molar-refractivity contribution >= 4 is 29.1 Å². The molecule has 0 saturated carbocycles. The van der Waals surface area contributed by atoms with Gasteiger partial charge in [0.25, 0.3) is 0 Å². The van der Waals surface area contributed by atoms with Gasteiger partial charge in [-0.25, -0.2) is 0 Å². The van der Waals surface area contributed by atoms with Gasteiger partial charge in [0.1, 0.15) is 5.76 Å². The Morgan fingerprint density at radius 3 is 2.57 bits per heavy atom. The van der Waals surface area contributed by atoms with Crippen LogP contribution in [0.3, 0.4) is 0 Å². The maximum Gasteiger partial charge on any atom is 0.250 e. The smallest absolute Gasteiger partial charge is 0.250 e. The molecule has 0 unspecified atom stereocenters. The Balaban J connectivity index is 1.73.